The van der Waals surface area contributed by atoms with Gasteiger partial charge in [0.05, 0.1) is 0 Å². The number of hydrogen-bond acceptors (Lipinski definition) is 4. The minimum absolute atomic E-state index is 0.0610. The molecular weight excluding hydrogens is 633 g/mol. The van der Waals surface area contributed by atoms with E-state index < -0.39 is 10.8 Å². The molecule has 5 atom stereocenters. The van der Waals surface area contributed by atoms with Gasteiger partial charge >= 0.3 is 0 Å². The van der Waals surface area contributed by atoms with Gasteiger partial charge in [-0.2, -0.15) is 25.3 Å². The van der Waals surface area contributed by atoms with Crippen LogP contribution in [0.5, 0.6) is 0 Å². The fourth-order valence-corrected chi connectivity index (χ4v) is 10.9. The van der Waals surface area contributed by atoms with Crippen molar-refractivity contribution in [2.75, 3.05) is 5.75 Å². The molecule has 5 unspecified atom stereocenters. The Morgan fingerprint density at radius 3 is 1.65 bits per heavy atom. The first-order chi connectivity index (χ1) is 22.4. The van der Waals surface area contributed by atoms with Gasteiger partial charge in [0.1, 0.15) is 0 Å². The highest BCUT2D eigenvalue weighted by Gasteiger charge is 2.67. The molecular formula is C42H40S4. The molecule has 232 valence electrons. The van der Waals surface area contributed by atoms with Crippen LogP contribution in [-0.4, -0.2) is 11.0 Å². The lowest BCUT2D eigenvalue weighted by Crippen LogP contribution is -2.66. The molecule has 0 amide bonds. The SMILES string of the molecule is CC1CC(c2ccccc2)C(c2ccccc2)(C(C)CS)C(c2ccc3ccccc3c2S)(c2ccc3ccccc3c2S)C1S. The van der Waals surface area contributed by atoms with Gasteiger partial charge in [0.2, 0.25) is 0 Å². The van der Waals surface area contributed by atoms with Crippen LogP contribution in [0.3, 0.4) is 0 Å². The van der Waals surface area contributed by atoms with Gasteiger partial charge in [-0.1, -0.05) is 147 Å². The Kier molecular flexibility index (Phi) is 8.78. The van der Waals surface area contributed by atoms with Crippen LogP contribution < -0.4 is 0 Å². The van der Waals surface area contributed by atoms with E-state index in [0.29, 0.717) is 5.75 Å². The average Bonchev–Trinajstić information content (AvgIpc) is 3.11. The highest BCUT2D eigenvalue weighted by Crippen LogP contribution is 2.69. The van der Waals surface area contributed by atoms with Crippen molar-refractivity contribution in [3.8, 4) is 0 Å². The Hall–Kier alpha value is -2.76. The van der Waals surface area contributed by atoms with Crippen LogP contribution in [0.1, 0.15) is 48.4 Å². The summed E-state index contributed by atoms with van der Waals surface area (Å²) in [5.74, 6) is 1.29. The van der Waals surface area contributed by atoms with E-state index in [0.717, 1.165) is 27.0 Å². The second-order valence-corrected chi connectivity index (χ2v) is 14.9. The van der Waals surface area contributed by atoms with Crippen LogP contribution in [0, 0.1) is 11.8 Å². The molecule has 0 saturated heterocycles. The normalized spacial score (nSPS) is 23.4. The van der Waals surface area contributed by atoms with E-state index in [1.807, 2.05) is 0 Å². The van der Waals surface area contributed by atoms with Gasteiger partial charge in [0, 0.05) is 25.9 Å². The molecule has 0 heterocycles. The Bertz CT molecular complexity index is 1920. The lowest BCUT2D eigenvalue weighted by Gasteiger charge is -2.65. The monoisotopic (exact) mass is 672 g/mol. The summed E-state index contributed by atoms with van der Waals surface area (Å²) in [7, 11) is 0. The summed E-state index contributed by atoms with van der Waals surface area (Å²) >= 11 is 21.9. The van der Waals surface area contributed by atoms with Gasteiger partial charge in [-0.05, 0) is 73.7 Å². The first-order valence-corrected chi connectivity index (χ1v) is 18.2. The van der Waals surface area contributed by atoms with Crippen LogP contribution in [0.4, 0.5) is 0 Å². The molecule has 0 N–H and O–H groups in total. The molecule has 1 aliphatic carbocycles. The van der Waals surface area contributed by atoms with Crippen molar-refractivity contribution in [1.29, 1.82) is 0 Å². The van der Waals surface area contributed by atoms with Crippen LogP contribution >= 0.6 is 50.5 Å². The lowest BCUT2D eigenvalue weighted by atomic mass is 9.39. The molecule has 0 radical (unpaired) electrons. The first-order valence-electron chi connectivity index (χ1n) is 16.2. The van der Waals surface area contributed by atoms with E-state index in [-0.39, 0.29) is 23.0 Å². The van der Waals surface area contributed by atoms with Crippen molar-refractivity contribution < 1.29 is 0 Å². The smallest absolute Gasteiger partial charge is 0.0448 e. The highest BCUT2D eigenvalue weighted by atomic mass is 32.1. The average molecular weight is 673 g/mol. The van der Waals surface area contributed by atoms with Gasteiger partial charge in [-0.3, -0.25) is 0 Å². The van der Waals surface area contributed by atoms with Crippen molar-refractivity contribution >= 4 is 72.1 Å². The maximum absolute atomic E-state index is 5.80. The fourth-order valence-electron chi connectivity index (χ4n) is 9.08. The van der Waals surface area contributed by atoms with E-state index in [4.69, 9.17) is 50.5 Å². The number of fused-ring (bicyclic) bond motifs is 2. The molecule has 7 rings (SSSR count). The topological polar surface area (TPSA) is 0 Å². The molecule has 1 fully saturated rings. The van der Waals surface area contributed by atoms with Crippen molar-refractivity contribution in [1.82, 2.24) is 0 Å². The summed E-state index contributed by atoms with van der Waals surface area (Å²) in [5.41, 5.74) is 3.92. The summed E-state index contributed by atoms with van der Waals surface area (Å²) in [6.45, 7) is 4.79. The lowest BCUT2D eigenvalue weighted by molar-refractivity contribution is 0.0690. The predicted molar refractivity (Wildman–Crippen MR) is 210 cm³/mol. The molecule has 1 aliphatic rings. The van der Waals surface area contributed by atoms with Gasteiger partial charge in [-0.15, -0.1) is 25.3 Å². The van der Waals surface area contributed by atoms with Crippen LogP contribution in [0.25, 0.3) is 21.5 Å². The Morgan fingerprint density at radius 2 is 1.13 bits per heavy atom. The maximum Gasteiger partial charge on any atom is 0.0448 e. The van der Waals surface area contributed by atoms with Crippen molar-refractivity contribution in [2.24, 2.45) is 11.8 Å². The molecule has 0 nitrogen and oxygen atoms in total. The quantitative estimate of drug-likeness (QED) is 0.124. The zero-order valence-electron chi connectivity index (χ0n) is 26.2. The molecule has 0 spiro atoms. The third kappa shape index (κ3) is 4.62. The van der Waals surface area contributed by atoms with Gasteiger partial charge in [-0.25, -0.2) is 0 Å². The van der Waals surface area contributed by atoms with Crippen molar-refractivity contribution in [2.45, 2.75) is 52.1 Å². The number of benzene rings is 6. The van der Waals surface area contributed by atoms with E-state index in [9.17, 15) is 0 Å². The van der Waals surface area contributed by atoms with E-state index >= 15 is 0 Å². The van der Waals surface area contributed by atoms with Crippen molar-refractivity contribution in [3.63, 3.8) is 0 Å². The minimum atomic E-state index is -0.653. The van der Waals surface area contributed by atoms with E-state index in [1.165, 1.54) is 33.0 Å². The molecule has 0 aromatic heterocycles. The van der Waals surface area contributed by atoms with Crippen molar-refractivity contribution in [3.05, 3.63) is 156 Å². The predicted octanol–water partition coefficient (Wildman–Crippen LogP) is 11.5. The number of rotatable bonds is 6. The second-order valence-electron chi connectivity index (χ2n) is 13.1. The minimum Gasteiger partial charge on any atom is -0.179 e. The van der Waals surface area contributed by atoms with E-state index in [1.54, 1.807) is 0 Å². The van der Waals surface area contributed by atoms with E-state index in [2.05, 4.69) is 147 Å². The molecule has 4 heteroatoms. The molecule has 6 aromatic rings. The summed E-state index contributed by atoms with van der Waals surface area (Å²) < 4.78 is 0. The standard InChI is InChI=1S/C42H40S4/c1-27-25-37(31-15-5-3-6-16-31)41(28(2)26-43,32-17-7-4-8-18-32)42(40(27)46,35-23-21-29-13-9-11-19-33(29)38(35)44)36-24-22-30-14-10-12-20-34(30)39(36)45/h3-24,27-28,37,40,43-46H,25-26H2,1-2H3. The van der Waals surface area contributed by atoms with Gasteiger partial charge in [0.25, 0.3) is 0 Å². The molecule has 0 bridgehead atoms. The van der Waals surface area contributed by atoms with Crippen LogP contribution in [-0.2, 0) is 10.8 Å². The summed E-state index contributed by atoms with van der Waals surface area (Å²) in [6, 6.07) is 48.9. The summed E-state index contributed by atoms with van der Waals surface area (Å²) in [5, 5.41) is 4.61. The summed E-state index contributed by atoms with van der Waals surface area (Å²) in [6.07, 6.45) is 0.998. The Morgan fingerprint density at radius 1 is 0.652 bits per heavy atom. The third-order valence-electron chi connectivity index (χ3n) is 10.9. The Balaban J connectivity index is 1.76. The Labute approximate surface area is 295 Å². The fraction of sp³-hybridized carbons (Fsp3) is 0.238. The maximum atomic E-state index is 5.80. The second kappa shape index (κ2) is 12.7. The van der Waals surface area contributed by atoms with Crippen LogP contribution in [0.2, 0.25) is 0 Å². The zero-order valence-corrected chi connectivity index (χ0v) is 29.8. The molecule has 0 aliphatic heterocycles. The number of thiol groups is 4. The molecule has 46 heavy (non-hydrogen) atoms. The highest BCUT2D eigenvalue weighted by molar-refractivity contribution is 7.81. The van der Waals surface area contributed by atoms with Crippen LogP contribution in [0.15, 0.2) is 143 Å². The van der Waals surface area contributed by atoms with Gasteiger partial charge < -0.3 is 0 Å². The zero-order chi connectivity index (χ0) is 32.1. The largest absolute Gasteiger partial charge is 0.179 e. The summed E-state index contributed by atoms with van der Waals surface area (Å²) in [4.78, 5) is 2.01. The number of hydrogen-bond donors (Lipinski definition) is 4. The van der Waals surface area contributed by atoms with Gasteiger partial charge in [0.15, 0.2) is 0 Å². The third-order valence-corrected chi connectivity index (χ3v) is 13.4. The molecule has 6 aromatic carbocycles. The molecule has 1 saturated carbocycles. The first kappa shape index (κ1) is 31.8.